The zero-order valence-corrected chi connectivity index (χ0v) is 18.8. The summed E-state index contributed by atoms with van der Waals surface area (Å²) in [5.41, 5.74) is 1.78. The Morgan fingerprint density at radius 3 is 1.90 bits per heavy atom. The summed E-state index contributed by atoms with van der Waals surface area (Å²) in [6.07, 6.45) is -0.665. The molecule has 2 N–H and O–H groups in total. The smallest absolute Gasteiger partial charge is 0.408 e. The SMILES string of the molecule is COc1ccc([C@H](NC(=O)OC(C)(C)C)C(=O)Nc2ccc(C(C)(C)C)cc2)cc1. The maximum Gasteiger partial charge on any atom is 0.408 e. The van der Waals surface area contributed by atoms with Crippen LogP contribution in [0.2, 0.25) is 0 Å². The molecule has 162 valence electrons. The highest BCUT2D eigenvalue weighted by atomic mass is 16.6. The van der Waals surface area contributed by atoms with Gasteiger partial charge in [0, 0.05) is 5.69 Å². The molecule has 2 amide bonds. The standard InChI is InChI=1S/C24H32N2O4/c1-23(2,3)17-10-12-18(13-11-17)25-21(27)20(26-22(28)30-24(4,5)6)16-8-14-19(29-7)15-9-16/h8-15,20H,1-7H3,(H,25,27)(H,26,28)/t20-/m0/s1. The van der Waals surface area contributed by atoms with Crippen LogP contribution in [0.1, 0.15) is 58.7 Å². The average Bonchev–Trinajstić information content (AvgIpc) is 2.64. The van der Waals surface area contributed by atoms with Crippen LogP contribution in [0.3, 0.4) is 0 Å². The van der Waals surface area contributed by atoms with Gasteiger partial charge in [-0.05, 0) is 61.6 Å². The fourth-order valence-corrected chi connectivity index (χ4v) is 2.79. The Labute approximate surface area is 179 Å². The van der Waals surface area contributed by atoms with Gasteiger partial charge >= 0.3 is 6.09 Å². The van der Waals surface area contributed by atoms with Crippen LogP contribution in [0.5, 0.6) is 5.75 Å². The topological polar surface area (TPSA) is 76.7 Å². The zero-order valence-electron chi connectivity index (χ0n) is 18.8. The third kappa shape index (κ3) is 6.79. The molecule has 2 aromatic rings. The summed E-state index contributed by atoms with van der Waals surface area (Å²) >= 11 is 0. The van der Waals surface area contributed by atoms with Gasteiger partial charge in [0.25, 0.3) is 5.91 Å². The minimum Gasteiger partial charge on any atom is -0.497 e. The average molecular weight is 413 g/mol. The molecular weight excluding hydrogens is 380 g/mol. The van der Waals surface area contributed by atoms with E-state index in [1.165, 1.54) is 5.56 Å². The van der Waals surface area contributed by atoms with Crippen molar-refractivity contribution in [3.05, 3.63) is 59.7 Å². The van der Waals surface area contributed by atoms with Gasteiger partial charge in [0.1, 0.15) is 17.4 Å². The van der Waals surface area contributed by atoms with Crippen LogP contribution < -0.4 is 15.4 Å². The van der Waals surface area contributed by atoms with Gasteiger partial charge in [-0.25, -0.2) is 4.79 Å². The normalized spacial score (nSPS) is 12.6. The van der Waals surface area contributed by atoms with E-state index in [9.17, 15) is 9.59 Å². The molecule has 0 unspecified atom stereocenters. The number of carbonyl (C=O) groups is 2. The molecule has 0 aliphatic carbocycles. The van der Waals surface area contributed by atoms with Crippen molar-refractivity contribution in [3.8, 4) is 5.75 Å². The molecule has 0 fully saturated rings. The predicted molar refractivity (Wildman–Crippen MR) is 119 cm³/mol. The highest BCUT2D eigenvalue weighted by Crippen LogP contribution is 2.25. The van der Waals surface area contributed by atoms with E-state index in [0.717, 1.165) is 0 Å². The Hall–Kier alpha value is -3.02. The lowest BCUT2D eigenvalue weighted by Gasteiger charge is -2.24. The summed E-state index contributed by atoms with van der Waals surface area (Å²) in [5, 5.41) is 5.54. The van der Waals surface area contributed by atoms with Gasteiger partial charge in [0.15, 0.2) is 0 Å². The summed E-state index contributed by atoms with van der Waals surface area (Å²) in [4.78, 5) is 25.4. The molecule has 0 radical (unpaired) electrons. The molecule has 1 atom stereocenters. The fourth-order valence-electron chi connectivity index (χ4n) is 2.79. The largest absolute Gasteiger partial charge is 0.497 e. The lowest BCUT2D eigenvalue weighted by molar-refractivity contribution is -0.118. The number of methoxy groups -OCH3 is 1. The van der Waals surface area contributed by atoms with Crippen LogP contribution in [-0.4, -0.2) is 24.7 Å². The highest BCUT2D eigenvalue weighted by Gasteiger charge is 2.26. The Bertz CT molecular complexity index is 860. The molecule has 6 heteroatoms. The van der Waals surface area contributed by atoms with E-state index in [0.29, 0.717) is 17.0 Å². The van der Waals surface area contributed by atoms with Crippen LogP contribution in [-0.2, 0) is 14.9 Å². The number of alkyl carbamates (subject to hydrolysis) is 1. The fraction of sp³-hybridized carbons (Fsp3) is 0.417. The van der Waals surface area contributed by atoms with E-state index in [1.807, 2.05) is 24.3 Å². The first-order valence-electron chi connectivity index (χ1n) is 9.94. The first-order chi connectivity index (χ1) is 13.9. The predicted octanol–water partition coefficient (Wildman–Crippen LogP) is 5.20. The monoisotopic (exact) mass is 412 g/mol. The van der Waals surface area contributed by atoms with Crippen LogP contribution in [0.4, 0.5) is 10.5 Å². The summed E-state index contributed by atoms with van der Waals surface area (Å²) in [6.45, 7) is 11.7. The highest BCUT2D eigenvalue weighted by molar-refractivity contribution is 5.97. The molecule has 0 saturated heterocycles. The number of hydrogen-bond donors (Lipinski definition) is 2. The van der Waals surface area contributed by atoms with E-state index in [4.69, 9.17) is 9.47 Å². The number of rotatable bonds is 5. The summed E-state index contributed by atoms with van der Waals surface area (Å²) in [5.74, 6) is 0.294. The minimum absolute atomic E-state index is 0.0203. The van der Waals surface area contributed by atoms with E-state index in [1.54, 1.807) is 52.1 Å². The van der Waals surface area contributed by atoms with Gasteiger partial charge in [0.2, 0.25) is 0 Å². The van der Waals surface area contributed by atoms with Crippen molar-refractivity contribution >= 4 is 17.7 Å². The van der Waals surface area contributed by atoms with Crippen molar-refractivity contribution in [1.82, 2.24) is 5.32 Å². The second kappa shape index (κ2) is 9.20. The number of nitrogens with one attached hydrogen (secondary N) is 2. The van der Waals surface area contributed by atoms with Crippen LogP contribution in [0, 0.1) is 0 Å². The van der Waals surface area contributed by atoms with E-state index < -0.39 is 17.7 Å². The van der Waals surface area contributed by atoms with Crippen LogP contribution in [0.25, 0.3) is 0 Å². The third-order valence-corrected chi connectivity index (χ3v) is 4.39. The minimum atomic E-state index is -0.923. The Morgan fingerprint density at radius 2 is 1.43 bits per heavy atom. The molecule has 2 aromatic carbocycles. The number of ether oxygens (including phenoxy) is 2. The van der Waals surface area contributed by atoms with E-state index >= 15 is 0 Å². The molecule has 0 heterocycles. The second-order valence-electron chi connectivity index (χ2n) is 9.17. The second-order valence-corrected chi connectivity index (χ2v) is 9.17. The van der Waals surface area contributed by atoms with Crippen molar-refractivity contribution in [1.29, 1.82) is 0 Å². The molecule has 6 nitrogen and oxygen atoms in total. The Morgan fingerprint density at radius 1 is 0.867 bits per heavy atom. The molecule has 30 heavy (non-hydrogen) atoms. The van der Waals surface area contributed by atoms with E-state index in [-0.39, 0.29) is 11.3 Å². The number of hydrogen-bond acceptors (Lipinski definition) is 4. The lowest BCUT2D eigenvalue weighted by Crippen LogP contribution is -2.40. The number of amides is 2. The summed E-state index contributed by atoms with van der Waals surface area (Å²) in [7, 11) is 1.57. The maximum atomic E-state index is 13.0. The summed E-state index contributed by atoms with van der Waals surface area (Å²) < 4.78 is 10.5. The van der Waals surface area contributed by atoms with Crippen molar-refractivity contribution in [2.24, 2.45) is 0 Å². The molecule has 0 saturated carbocycles. The van der Waals surface area contributed by atoms with Crippen molar-refractivity contribution < 1.29 is 19.1 Å². The van der Waals surface area contributed by atoms with Crippen LogP contribution in [0.15, 0.2) is 48.5 Å². The number of anilines is 1. The first-order valence-corrected chi connectivity index (χ1v) is 9.94. The first kappa shape index (κ1) is 23.3. The lowest BCUT2D eigenvalue weighted by atomic mass is 9.87. The number of benzene rings is 2. The van der Waals surface area contributed by atoms with Crippen molar-refractivity contribution in [3.63, 3.8) is 0 Å². The van der Waals surface area contributed by atoms with Gasteiger partial charge in [-0.1, -0.05) is 45.0 Å². The zero-order chi connectivity index (χ0) is 22.5. The Balaban J connectivity index is 2.23. The van der Waals surface area contributed by atoms with Gasteiger partial charge in [-0.2, -0.15) is 0 Å². The molecule has 2 rings (SSSR count). The van der Waals surface area contributed by atoms with Gasteiger partial charge in [-0.15, -0.1) is 0 Å². The van der Waals surface area contributed by atoms with Gasteiger partial charge in [-0.3, -0.25) is 4.79 Å². The molecule has 0 spiro atoms. The van der Waals surface area contributed by atoms with Gasteiger partial charge in [0.05, 0.1) is 7.11 Å². The van der Waals surface area contributed by atoms with Gasteiger partial charge < -0.3 is 20.1 Å². The molecule has 0 bridgehead atoms. The summed E-state index contributed by atoms with van der Waals surface area (Å²) in [6, 6.07) is 13.7. The Kier molecular flexibility index (Phi) is 7.13. The molecule has 0 aromatic heterocycles. The molecular formula is C24H32N2O4. The van der Waals surface area contributed by atoms with E-state index in [2.05, 4.69) is 31.4 Å². The third-order valence-electron chi connectivity index (χ3n) is 4.39. The van der Waals surface area contributed by atoms with Crippen LogP contribution >= 0.6 is 0 Å². The van der Waals surface area contributed by atoms with Crippen molar-refractivity contribution in [2.75, 3.05) is 12.4 Å². The van der Waals surface area contributed by atoms with Crippen molar-refractivity contribution in [2.45, 2.75) is 58.6 Å². The quantitative estimate of drug-likeness (QED) is 0.708. The molecule has 0 aliphatic rings. The maximum absolute atomic E-state index is 13.0. The number of carbonyl (C=O) groups excluding carboxylic acids is 2. The molecule has 0 aliphatic heterocycles.